The molecule has 2 bridgehead atoms. The smallest absolute Gasteiger partial charge is 0.166 e. The molecule has 0 radical (unpaired) electrons. The summed E-state index contributed by atoms with van der Waals surface area (Å²) in [4.78, 5) is 2.52. The number of hydrogen-bond acceptors (Lipinski definition) is 4. The molecule has 2 aliphatic carbocycles. The van der Waals surface area contributed by atoms with Crippen molar-refractivity contribution in [2.45, 2.75) is 36.5 Å². The van der Waals surface area contributed by atoms with Crippen molar-refractivity contribution in [2.75, 3.05) is 27.8 Å². The van der Waals surface area contributed by atoms with Crippen LogP contribution in [0.15, 0.2) is 24.3 Å². The lowest BCUT2D eigenvalue weighted by atomic mass is 9.52. The van der Waals surface area contributed by atoms with Gasteiger partial charge >= 0.3 is 0 Å². The second-order valence-electron chi connectivity index (χ2n) is 7.32. The first kappa shape index (κ1) is 13.9. The van der Waals surface area contributed by atoms with Gasteiger partial charge in [0, 0.05) is 30.0 Å². The van der Waals surface area contributed by atoms with Crippen LogP contribution < -0.4 is 9.47 Å². The van der Waals surface area contributed by atoms with Gasteiger partial charge in [-0.05, 0) is 44.1 Å². The summed E-state index contributed by atoms with van der Waals surface area (Å²) in [6.45, 7) is 1.11. The van der Waals surface area contributed by atoms with Gasteiger partial charge in [-0.2, -0.15) is 0 Å². The molecular formula is C19H23NO3. The Morgan fingerprint density at radius 3 is 2.91 bits per heavy atom. The minimum atomic E-state index is 0.0457. The molecule has 0 N–H and O–H groups in total. The SMILES string of the molecule is COc1ccc2c3c1O[C@H]1C=C[C@H](OC)[C@H]4[C@@H](C2)N(C)CC[C@@]341. The van der Waals surface area contributed by atoms with E-state index in [1.54, 1.807) is 7.11 Å². The Morgan fingerprint density at radius 1 is 1.26 bits per heavy atom. The number of benzene rings is 1. The zero-order chi connectivity index (χ0) is 15.8. The first-order chi connectivity index (χ1) is 11.2. The lowest BCUT2D eigenvalue weighted by Gasteiger charge is -2.58. The van der Waals surface area contributed by atoms with Crippen LogP contribution in [0.1, 0.15) is 17.5 Å². The second-order valence-corrected chi connectivity index (χ2v) is 7.32. The molecule has 5 rings (SSSR count). The van der Waals surface area contributed by atoms with Crippen molar-refractivity contribution in [3.63, 3.8) is 0 Å². The van der Waals surface area contributed by atoms with Crippen molar-refractivity contribution in [2.24, 2.45) is 5.92 Å². The Morgan fingerprint density at radius 2 is 2.13 bits per heavy atom. The van der Waals surface area contributed by atoms with E-state index in [-0.39, 0.29) is 17.6 Å². The summed E-state index contributed by atoms with van der Waals surface area (Å²) in [6, 6.07) is 4.82. The summed E-state index contributed by atoms with van der Waals surface area (Å²) in [6.07, 6.45) is 6.89. The molecule has 4 heteroatoms. The maximum absolute atomic E-state index is 6.44. The number of hydrogen-bond donors (Lipinski definition) is 0. The topological polar surface area (TPSA) is 30.9 Å². The Balaban J connectivity index is 1.80. The highest BCUT2D eigenvalue weighted by Gasteiger charge is 2.64. The van der Waals surface area contributed by atoms with Crippen molar-refractivity contribution >= 4 is 0 Å². The molecular weight excluding hydrogens is 290 g/mol. The minimum absolute atomic E-state index is 0.0457. The van der Waals surface area contributed by atoms with Gasteiger partial charge in [0.25, 0.3) is 0 Å². The van der Waals surface area contributed by atoms with Gasteiger partial charge in [-0.3, -0.25) is 0 Å². The Labute approximate surface area is 137 Å². The fraction of sp³-hybridized carbons (Fsp3) is 0.579. The van der Waals surface area contributed by atoms with Gasteiger partial charge in [-0.15, -0.1) is 0 Å². The standard InChI is InChI=1S/C19H23NO3/c1-20-9-8-19-15-7-6-13(21-2)17(19)12(20)10-11-4-5-14(22-3)18(23-15)16(11)19/h4-7,12-13,15,17H,8-10H2,1-3H3/t12-,13+,15+,17-,19-/m1/s1. The zero-order valence-electron chi connectivity index (χ0n) is 13.9. The van der Waals surface area contributed by atoms with E-state index < -0.39 is 0 Å². The summed E-state index contributed by atoms with van der Waals surface area (Å²) < 4.78 is 17.9. The maximum atomic E-state index is 6.44. The highest BCUT2D eigenvalue weighted by atomic mass is 16.5. The van der Waals surface area contributed by atoms with Gasteiger partial charge in [-0.25, -0.2) is 0 Å². The van der Waals surface area contributed by atoms with E-state index in [1.807, 2.05) is 7.11 Å². The molecule has 0 aromatic heterocycles. The van der Waals surface area contributed by atoms with E-state index in [1.165, 1.54) is 11.1 Å². The minimum Gasteiger partial charge on any atom is -0.493 e. The predicted molar refractivity (Wildman–Crippen MR) is 87.3 cm³/mol. The average Bonchev–Trinajstić information content (AvgIpc) is 2.91. The van der Waals surface area contributed by atoms with Crippen LogP contribution >= 0.6 is 0 Å². The van der Waals surface area contributed by atoms with E-state index in [2.05, 4.69) is 36.2 Å². The first-order valence-electron chi connectivity index (χ1n) is 8.49. The summed E-state index contributed by atoms with van der Waals surface area (Å²) in [5.41, 5.74) is 2.88. The largest absolute Gasteiger partial charge is 0.493 e. The molecule has 5 atom stereocenters. The monoisotopic (exact) mass is 313 g/mol. The maximum Gasteiger partial charge on any atom is 0.166 e. The van der Waals surface area contributed by atoms with E-state index in [9.17, 15) is 0 Å². The third-order valence-corrected chi connectivity index (χ3v) is 6.63. The first-order valence-corrected chi connectivity index (χ1v) is 8.49. The molecule has 2 aliphatic heterocycles. The molecule has 1 saturated heterocycles. The van der Waals surface area contributed by atoms with Crippen LogP contribution in [0.5, 0.6) is 11.5 Å². The molecule has 122 valence electrons. The van der Waals surface area contributed by atoms with Gasteiger partial charge in [-0.1, -0.05) is 12.1 Å². The summed E-state index contributed by atoms with van der Waals surface area (Å²) in [5.74, 6) is 2.29. The Kier molecular flexibility index (Phi) is 2.73. The quantitative estimate of drug-likeness (QED) is 0.783. The van der Waals surface area contributed by atoms with E-state index >= 15 is 0 Å². The fourth-order valence-electron chi connectivity index (χ4n) is 5.66. The van der Waals surface area contributed by atoms with Crippen LogP contribution in [0.3, 0.4) is 0 Å². The Hall–Kier alpha value is -1.52. The van der Waals surface area contributed by atoms with Crippen molar-refractivity contribution in [3.05, 3.63) is 35.4 Å². The van der Waals surface area contributed by atoms with Gasteiger partial charge in [0.15, 0.2) is 11.5 Å². The average molecular weight is 313 g/mol. The number of rotatable bonds is 2. The molecule has 4 aliphatic rings. The van der Waals surface area contributed by atoms with Gasteiger partial charge < -0.3 is 19.1 Å². The zero-order valence-corrected chi connectivity index (χ0v) is 13.9. The number of likely N-dealkylation sites (tertiary alicyclic amines) is 1. The molecule has 0 amide bonds. The number of likely N-dealkylation sites (N-methyl/N-ethyl adjacent to an activating group) is 1. The highest BCUT2D eigenvalue weighted by Crippen LogP contribution is 2.62. The molecule has 1 fully saturated rings. The summed E-state index contributed by atoms with van der Waals surface area (Å²) in [5, 5.41) is 0. The lowest BCUT2D eigenvalue weighted by molar-refractivity contribution is -0.0703. The second kappa shape index (κ2) is 4.52. The Bertz CT molecular complexity index is 700. The van der Waals surface area contributed by atoms with Crippen LogP contribution in [-0.2, 0) is 16.6 Å². The third kappa shape index (κ3) is 1.49. The van der Waals surface area contributed by atoms with E-state index in [4.69, 9.17) is 14.2 Å². The van der Waals surface area contributed by atoms with Crippen molar-refractivity contribution in [1.82, 2.24) is 4.90 Å². The predicted octanol–water partition coefficient (Wildman–Crippen LogP) is 2.16. The molecule has 0 saturated carbocycles. The van der Waals surface area contributed by atoms with Crippen LogP contribution in [0, 0.1) is 5.92 Å². The third-order valence-electron chi connectivity index (χ3n) is 6.63. The van der Waals surface area contributed by atoms with Crippen molar-refractivity contribution in [1.29, 1.82) is 0 Å². The highest BCUT2D eigenvalue weighted by molar-refractivity contribution is 5.62. The molecule has 1 aromatic rings. The van der Waals surface area contributed by atoms with Gasteiger partial charge in [0.2, 0.25) is 0 Å². The molecule has 4 nitrogen and oxygen atoms in total. The molecule has 1 spiro atoms. The van der Waals surface area contributed by atoms with Crippen LogP contribution in [0.4, 0.5) is 0 Å². The molecule has 2 heterocycles. The van der Waals surface area contributed by atoms with Crippen LogP contribution in [0.2, 0.25) is 0 Å². The van der Waals surface area contributed by atoms with Gasteiger partial charge in [0.1, 0.15) is 6.10 Å². The van der Waals surface area contributed by atoms with Crippen LogP contribution in [0.25, 0.3) is 0 Å². The van der Waals surface area contributed by atoms with Crippen molar-refractivity contribution < 1.29 is 14.2 Å². The van der Waals surface area contributed by atoms with E-state index in [0.29, 0.717) is 12.0 Å². The van der Waals surface area contributed by atoms with Crippen molar-refractivity contribution in [3.8, 4) is 11.5 Å². The number of methoxy groups -OCH3 is 2. The van der Waals surface area contributed by atoms with Crippen LogP contribution in [-0.4, -0.2) is 51.0 Å². The number of nitrogens with zero attached hydrogens (tertiary/aromatic N) is 1. The molecule has 1 aromatic carbocycles. The van der Waals surface area contributed by atoms with E-state index in [0.717, 1.165) is 30.9 Å². The normalized spacial score (nSPS) is 39.8. The number of piperidine rings is 1. The number of ether oxygens (including phenoxy) is 3. The summed E-state index contributed by atoms with van der Waals surface area (Å²) >= 11 is 0. The van der Waals surface area contributed by atoms with Gasteiger partial charge in [0.05, 0.1) is 13.2 Å². The molecule has 23 heavy (non-hydrogen) atoms. The molecule has 0 unspecified atom stereocenters. The summed E-state index contributed by atoms with van der Waals surface area (Å²) in [7, 11) is 5.81. The lowest BCUT2D eigenvalue weighted by Crippen LogP contribution is -2.66. The fourth-order valence-corrected chi connectivity index (χ4v) is 5.66.